The molecular formula is C13H22N4. The van der Waals surface area contributed by atoms with Crippen LogP contribution < -0.4 is 4.90 Å². The second-order valence-corrected chi connectivity index (χ2v) is 4.86. The zero-order valence-electron chi connectivity index (χ0n) is 11.1. The maximum atomic E-state index is 4.64. The van der Waals surface area contributed by atoms with Crippen molar-refractivity contribution in [3.8, 4) is 0 Å². The molecule has 94 valence electrons. The summed E-state index contributed by atoms with van der Waals surface area (Å²) in [5.41, 5.74) is 1.13. The minimum absolute atomic E-state index is 0.466. The van der Waals surface area contributed by atoms with Crippen molar-refractivity contribution in [2.45, 2.75) is 26.7 Å². The highest BCUT2D eigenvalue weighted by atomic mass is 15.3. The van der Waals surface area contributed by atoms with Crippen LogP contribution >= 0.6 is 0 Å². The van der Waals surface area contributed by atoms with Gasteiger partial charge in [0.25, 0.3) is 0 Å². The Balaban J connectivity index is 2.05. The molecule has 4 nitrogen and oxygen atoms in total. The molecule has 1 aromatic rings. The first-order chi connectivity index (χ1) is 8.20. The van der Waals surface area contributed by atoms with Gasteiger partial charge in [0.05, 0.1) is 0 Å². The number of nitrogens with zero attached hydrogens (tertiary/aromatic N) is 4. The van der Waals surface area contributed by atoms with Crippen molar-refractivity contribution in [1.82, 2.24) is 14.9 Å². The number of hydrogen-bond donors (Lipinski definition) is 0. The summed E-state index contributed by atoms with van der Waals surface area (Å²) in [6.45, 7) is 12.0. The summed E-state index contributed by atoms with van der Waals surface area (Å²) >= 11 is 0. The number of rotatable bonds is 3. The summed E-state index contributed by atoms with van der Waals surface area (Å²) in [7, 11) is 0. The lowest BCUT2D eigenvalue weighted by Gasteiger charge is -2.34. The molecule has 0 saturated carbocycles. The van der Waals surface area contributed by atoms with Crippen LogP contribution in [-0.4, -0.2) is 47.6 Å². The first-order valence-corrected chi connectivity index (χ1v) is 6.51. The third kappa shape index (κ3) is 2.94. The van der Waals surface area contributed by atoms with Crippen LogP contribution in [0.4, 0.5) is 5.95 Å². The van der Waals surface area contributed by atoms with Gasteiger partial charge in [-0.05, 0) is 18.5 Å². The molecule has 2 heterocycles. The Hall–Kier alpha value is -1.16. The van der Waals surface area contributed by atoms with Crippen LogP contribution in [0, 0.1) is 0 Å². The molecule has 17 heavy (non-hydrogen) atoms. The fourth-order valence-corrected chi connectivity index (χ4v) is 2.10. The quantitative estimate of drug-likeness (QED) is 0.797. The van der Waals surface area contributed by atoms with Gasteiger partial charge in [-0.3, -0.25) is 0 Å². The van der Waals surface area contributed by atoms with E-state index in [4.69, 9.17) is 0 Å². The van der Waals surface area contributed by atoms with Crippen LogP contribution in [0.2, 0.25) is 0 Å². The van der Waals surface area contributed by atoms with Crippen LogP contribution in [0.1, 0.15) is 32.4 Å². The normalized spacial score (nSPS) is 17.8. The topological polar surface area (TPSA) is 32.3 Å². The second-order valence-electron chi connectivity index (χ2n) is 4.86. The summed E-state index contributed by atoms with van der Waals surface area (Å²) in [6, 6.07) is 2.01. The van der Waals surface area contributed by atoms with E-state index in [-0.39, 0.29) is 0 Å². The van der Waals surface area contributed by atoms with Gasteiger partial charge < -0.3 is 9.80 Å². The van der Waals surface area contributed by atoms with Gasteiger partial charge in [-0.15, -0.1) is 0 Å². The van der Waals surface area contributed by atoms with Crippen molar-refractivity contribution in [2.75, 3.05) is 37.6 Å². The van der Waals surface area contributed by atoms with Gasteiger partial charge in [0.2, 0.25) is 5.95 Å². The number of likely N-dealkylation sites (N-methyl/N-ethyl adjacent to an activating group) is 1. The molecule has 0 spiro atoms. The molecule has 1 fully saturated rings. The molecule has 2 rings (SSSR count). The Labute approximate surface area is 104 Å². The first kappa shape index (κ1) is 12.3. The highest BCUT2D eigenvalue weighted by Gasteiger charge is 2.18. The minimum Gasteiger partial charge on any atom is -0.338 e. The smallest absolute Gasteiger partial charge is 0.225 e. The Morgan fingerprint density at radius 2 is 1.94 bits per heavy atom. The summed E-state index contributed by atoms with van der Waals surface area (Å²) in [4.78, 5) is 13.8. The van der Waals surface area contributed by atoms with Gasteiger partial charge in [-0.2, -0.15) is 0 Å². The van der Waals surface area contributed by atoms with Crippen LogP contribution in [0.15, 0.2) is 12.3 Å². The van der Waals surface area contributed by atoms with Gasteiger partial charge in [-0.1, -0.05) is 20.8 Å². The maximum absolute atomic E-state index is 4.64. The van der Waals surface area contributed by atoms with E-state index in [2.05, 4.69) is 40.5 Å². The molecule has 0 bridgehead atoms. The van der Waals surface area contributed by atoms with Gasteiger partial charge in [0.15, 0.2) is 0 Å². The second kappa shape index (κ2) is 5.45. The highest BCUT2D eigenvalue weighted by Crippen LogP contribution is 2.15. The van der Waals surface area contributed by atoms with E-state index in [1.807, 2.05) is 12.3 Å². The third-order valence-corrected chi connectivity index (χ3v) is 3.36. The molecule has 0 amide bonds. The maximum Gasteiger partial charge on any atom is 0.225 e. The molecule has 0 radical (unpaired) electrons. The molecule has 0 aromatic carbocycles. The molecule has 1 aromatic heterocycles. The summed E-state index contributed by atoms with van der Waals surface area (Å²) in [5.74, 6) is 1.36. The zero-order valence-corrected chi connectivity index (χ0v) is 11.1. The van der Waals surface area contributed by atoms with Crippen molar-refractivity contribution in [3.63, 3.8) is 0 Å². The molecule has 0 atom stereocenters. The fraction of sp³-hybridized carbons (Fsp3) is 0.692. The van der Waals surface area contributed by atoms with Crippen LogP contribution in [0.5, 0.6) is 0 Å². The van der Waals surface area contributed by atoms with Gasteiger partial charge in [0.1, 0.15) is 0 Å². The third-order valence-electron chi connectivity index (χ3n) is 3.36. The summed E-state index contributed by atoms with van der Waals surface area (Å²) < 4.78 is 0. The predicted molar refractivity (Wildman–Crippen MR) is 70.4 cm³/mol. The van der Waals surface area contributed by atoms with Crippen molar-refractivity contribution in [3.05, 3.63) is 18.0 Å². The van der Waals surface area contributed by atoms with E-state index < -0.39 is 0 Å². The van der Waals surface area contributed by atoms with Crippen molar-refractivity contribution < 1.29 is 0 Å². The van der Waals surface area contributed by atoms with E-state index in [1.54, 1.807) is 0 Å². The highest BCUT2D eigenvalue weighted by molar-refractivity contribution is 5.31. The van der Waals surface area contributed by atoms with Gasteiger partial charge >= 0.3 is 0 Å². The monoisotopic (exact) mass is 234 g/mol. The van der Waals surface area contributed by atoms with Crippen molar-refractivity contribution in [2.24, 2.45) is 0 Å². The van der Waals surface area contributed by atoms with Crippen LogP contribution in [-0.2, 0) is 0 Å². The largest absolute Gasteiger partial charge is 0.338 e. The molecule has 0 N–H and O–H groups in total. The van der Waals surface area contributed by atoms with Gasteiger partial charge in [0, 0.05) is 38.1 Å². The van der Waals surface area contributed by atoms with E-state index >= 15 is 0 Å². The van der Waals surface area contributed by atoms with Crippen LogP contribution in [0.3, 0.4) is 0 Å². The lowest BCUT2D eigenvalue weighted by atomic mass is 10.1. The minimum atomic E-state index is 0.466. The number of aromatic nitrogens is 2. The lowest BCUT2D eigenvalue weighted by Crippen LogP contribution is -2.46. The molecule has 1 aliphatic rings. The van der Waals surface area contributed by atoms with E-state index in [1.165, 1.54) is 0 Å². The van der Waals surface area contributed by atoms with Crippen LogP contribution in [0.25, 0.3) is 0 Å². The Kier molecular flexibility index (Phi) is 3.94. The SMILES string of the molecule is CCN1CCN(c2nccc(C(C)C)n2)CC1. The Morgan fingerprint density at radius 1 is 1.24 bits per heavy atom. The Morgan fingerprint density at radius 3 is 2.53 bits per heavy atom. The molecular weight excluding hydrogens is 212 g/mol. The van der Waals surface area contributed by atoms with Gasteiger partial charge in [-0.25, -0.2) is 9.97 Å². The lowest BCUT2D eigenvalue weighted by molar-refractivity contribution is 0.270. The predicted octanol–water partition coefficient (Wildman–Crippen LogP) is 1.74. The standard InChI is InChI=1S/C13H22N4/c1-4-16-7-9-17(10-8-16)13-14-6-5-12(15-13)11(2)3/h5-6,11H,4,7-10H2,1-3H3. The van der Waals surface area contributed by atoms with E-state index in [0.29, 0.717) is 5.92 Å². The summed E-state index contributed by atoms with van der Waals surface area (Å²) in [5, 5.41) is 0. The average molecular weight is 234 g/mol. The number of hydrogen-bond acceptors (Lipinski definition) is 4. The Bertz CT molecular complexity index is 356. The summed E-state index contributed by atoms with van der Waals surface area (Å²) in [6.07, 6.45) is 1.88. The van der Waals surface area contributed by atoms with Crippen molar-refractivity contribution >= 4 is 5.95 Å². The molecule has 1 saturated heterocycles. The van der Waals surface area contributed by atoms with E-state index in [0.717, 1.165) is 44.4 Å². The molecule has 1 aliphatic heterocycles. The number of anilines is 1. The molecule has 0 aliphatic carbocycles. The number of piperazine rings is 1. The zero-order chi connectivity index (χ0) is 12.3. The van der Waals surface area contributed by atoms with Crippen molar-refractivity contribution in [1.29, 1.82) is 0 Å². The first-order valence-electron chi connectivity index (χ1n) is 6.51. The molecule has 4 heteroatoms. The van der Waals surface area contributed by atoms with E-state index in [9.17, 15) is 0 Å². The fourth-order valence-electron chi connectivity index (χ4n) is 2.10. The average Bonchev–Trinajstić information content (AvgIpc) is 2.39. The molecule has 0 unspecified atom stereocenters.